The molecule has 5 nitrogen and oxygen atoms in total. The molecule has 2 rings (SSSR count). The van der Waals surface area contributed by atoms with Gasteiger partial charge in [0.15, 0.2) is 0 Å². The molecule has 1 amide bonds. The van der Waals surface area contributed by atoms with Crippen LogP contribution >= 0.6 is 0 Å². The van der Waals surface area contributed by atoms with E-state index in [1.807, 2.05) is 45.2 Å². The maximum Gasteiger partial charge on any atom is 0.253 e. The van der Waals surface area contributed by atoms with Gasteiger partial charge in [-0.05, 0) is 56.7 Å². The highest BCUT2D eigenvalue weighted by atomic mass is 16.3. The van der Waals surface area contributed by atoms with Crippen LogP contribution in [0.5, 0.6) is 0 Å². The second-order valence-electron chi connectivity index (χ2n) is 7.16. The van der Waals surface area contributed by atoms with Gasteiger partial charge < -0.3 is 10.0 Å². The van der Waals surface area contributed by atoms with Crippen molar-refractivity contribution in [2.24, 2.45) is 5.92 Å². The van der Waals surface area contributed by atoms with Gasteiger partial charge in [-0.15, -0.1) is 0 Å². The van der Waals surface area contributed by atoms with Gasteiger partial charge >= 0.3 is 0 Å². The van der Waals surface area contributed by atoms with Crippen LogP contribution in [0.15, 0.2) is 24.3 Å². The van der Waals surface area contributed by atoms with E-state index >= 15 is 0 Å². The number of aryl methyl sites for hydroxylation is 1. The van der Waals surface area contributed by atoms with Crippen LogP contribution in [0.1, 0.15) is 42.6 Å². The molecular formula is C18H29N3O2. The molecule has 5 heteroatoms. The van der Waals surface area contributed by atoms with Gasteiger partial charge in [0.1, 0.15) is 0 Å². The van der Waals surface area contributed by atoms with Gasteiger partial charge in [0.2, 0.25) is 0 Å². The maximum absolute atomic E-state index is 12.5. The Morgan fingerprint density at radius 3 is 2.70 bits per heavy atom. The van der Waals surface area contributed by atoms with Gasteiger partial charge in [-0.3, -0.25) is 15.6 Å². The summed E-state index contributed by atoms with van der Waals surface area (Å²) in [5, 5.41) is 9.83. The molecular weight excluding hydrogens is 290 g/mol. The van der Waals surface area contributed by atoms with Crippen LogP contribution in [0.4, 0.5) is 0 Å². The standard InChI is InChI=1S/C18H29N3O2/c1-18(2,23)9-7-14-5-4-6-16(11-14)17(22)21(3)10-8-15-12-19-20-13-15/h4-6,11,15,19-20,23H,7-10,12-13H2,1-3H3. The van der Waals surface area contributed by atoms with Gasteiger partial charge in [-0.2, -0.15) is 0 Å². The Kier molecular flexibility index (Phi) is 6.16. The summed E-state index contributed by atoms with van der Waals surface area (Å²) in [6.07, 6.45) is 2.45. The molecule has 0 aliphatic carbocycles. The van der Waals surface area contributed by atoms with Crippen LogP contribution in [0, 0.1) is 5.92 Å². The van der Waals surface area contributed by atoms with E-state index in [1.54, 1.807) is 4.90 Å². The summed E-state index contributed by atoms with van der Waals surface area (Å²) in [6, 6.07) is 7.75. The van der Waals surface area contributed by atoms with Crippen LogP contribution in [0.3, 0.4) is 0 Å². The number of hydrazine groups is 1. The Balaban J connectivity index is 1.90. The predicted molar refractivity (Wildman–Crippen MR) is 92.1 cm³/mol. The molecule has 1 aliphatic rings. The molecule has 3 N–H and O–H groups in total. The van der Waals surface area contributed by atoms with Crippen molar-refractivity contribution in [3.63, 3.8) is 0 Å². The van der Waals surface area contributed by atoms with Crippen LogP contribution in [-0.4, -0.2) is 48.2 Å². The number of hydrogen-bond acceptors (Lipinski definition) is 4. The van der Waals surface area contributed by atoms with Crippen molar-refractivity contribution in [2.45, 2.75) is 38.7 Å². The molecule has 1 fully saturated rings. The molecule has 0 bridgehead atoms. The lowest BCUT2D eigenvalue weighted by atomic mass is 9.97. The van der Waals surface area contributed by atoms with E-state index in [-0.39, 0.29) is 5.91 Å². The van der Waals surface area contributed by atoms with E-state index in [4.69, 9.17) is 0 Å². The molecule has 0 saturated carbocycles. The molecule has 1 aliphatic heterocycles. The number of benzene rings is 1. The summed E-state index contributed by atoms with van der Waals surface area (Å²) in [5.41, 5.74) is 7.37. The first kappa shape index (κ1) is 17.9. The summed E-state index contributed by atoms with van der Waals surface area (Å²) in [7, 11) is 1.86. The minimum atomic E-state index is -0.680. The number of nitrogens with one attached hydrogen (secondary N) is 2. The average molecular weight is 319 g/mol. The molecule has 0 spiro atoms. The maximum atomic E-state index is 12.5. The first-order valence-electron chi connectivity index (χ1n) is 8.38. The SMILES string of the molecule is CN(CCC1CNNC1)C(=O)c1cccc(CCC(C)(C)O)c1. The van der Waals surface area contributed by atoms with Gasteiger partial charge in [-0.25, -0.2) is 0 Å². The van der Waals surface area contributed by atoms with Gasteiger partial charge in [0.05, 0.1) is 5.60 Å². The number of aliphatic hydroxyl groups is 1. The summed E-state index contributed by atoms with van der Waals surface area (Å²) < 4.78 is 0. The fraction of sp³-hybridized carbons (Fsp3) is 0.611. The van der Waals surface area contributed by atoms with Crippen molar-refractivity contribution >= 4 is 5.91 Å². The zero-order valence-corrected chi connectivity index (χ0v) is 14.4. The number of rotatable bonds is 7. The normalized spacial score (nSPS) is 15.8. The molecule has 23 heavy (non-hydrogen) atoms. The molecule has 1 saturated heterocycles. The Bertz CT molecular complexity index is 519. The highest BCUT2D eigenvalue weighted by Crippen LogP contribution is 2.15. The molecule has 1 aromatic rings. The van der Waals surface area contributed by atoms with Crippen LogP contribution < -0.4 is 10.9 Å². The molecule has 0 atom stereocenters. The number of nitrogens with zero attached hydrogens (tertiary/aromatic N) is 1. The van der Waals surface area contributed by atoms with Crippen LogP contribution in [0.25, 0.3) is 0 Å². The van der Waals surface area contributed by atoms with Crippen molar-refractivity contribution in [3.8, 4) is 0 Å². The van der Waals surface area contributed by atoms with E-state index < -0.39 is 5.60 Å². The minimum absolute atomic E-state index is 0.0639. The quantitative estimate of drug-likeness (QED) is 0.714. The highest BCUT2D eigenvalue weighted by molar-refractivity contribution is 5.94. The lowest BCUT2D eigenvalue weighted by Crippen LogP contribution is -2.29. The fourth-order valence-electron chi connectivity index (χ4n) is 2.72. The van der Waals surface area contributed by atoms with Crippen LogP contribution in [0.2, 0.25) is 0 Å². The zero-order chi connectivity index (χ0) is 16.9. The number of carbonyl (C=O) groups excluding carboxylic acids is 1. The summed E-state index contributed by atoms with van der Waals surface area (Å²) in [5.74, 6) is 0.650. The third kappa shape index (κ3) is 5.94. The fourth-order valence-corrected chi connectivity index (χ4v) is 2.72. The van der Waals surface area contributed by atoms with Gasteiger partial charge in [-0.1, -0.05) is 12.1 Å². The number of amides is 1. The lowest BCUT2D eigenvalue weighted by Gasteiger charge is -2.20. The van der Waals surface area contributed by atoms with E-state index in [2.05, 4.69) is 10.9 Å². The Labute approximate surface area is 139 Å². The second-order valence-corrected chi connectivity index (χ2v) is 7.16. The van der Waals surface area contributed by atoms with Crippen molar-refractivity contribution < 1.29 is 9.90 Å². The van der Waals surface area contributed by atoms with E-state index in [9.17, 15) is 9.90 Å². The van der Waals surface area contributed by atoms with Crippen molar-refractivity contribution in [2.75, 3.05) is 26.7 Å². The van der Waals surface area contributed by atoms with E-state index in [1.165, 1.54) is 0 Å². The van der Waals surface area contributed by atoms with Crippen LogP contribution in [-0.2, 0) is 6.42 Å². The first-order chi connectivity index (χ1) is 10.8. The first-order valence-corrected chi connectivity index (χ1v) is 8.38. The summed E-state index contributed by atoms with van der Waals surface area (Å²) in [6.45, 7) is 6.31. The van der Waals surface area contributed by atoms with E-state index in [0.29, 0.717) is 12.3 Å². The minimum Gasteiger partial charge on any atom is -0.390 e. The lowest BCUT2D eigenvalue weighted by molar-refractivity contribution is 0.0714. The molecule has 0 aromatic heterocycles. The number of hydrogen-bond donors (Lipinski definition) is 3. The highest BCUT2D eigenvalue weighted by Gasteiger charge is 2.18. The molecule has 0 radical (unpaired) electrons. The summed E-state index contributed by atoms with van der Waals surface area (Å²) in [4.78, 5) is 14.3. The smallest absolute Gasteiger partial charge is 0.253 e. The van der Waals surface area contributed by atoms with Crippen molar-refractivity contribution in [1.82, 2.24) is 15.8 Å². The van der Waals surface area contributed by atoms with Crippen molar-refractivity contribution in [3.05, 3.63) is 35.4 Å². The van der Waals surface area contributed by atoms with E-state index in [0.717, 1.165) is 43.6 Å². The molecule has 0 unspecified atom stereocenters. The van der Waals surface area contributed by atoms with Crippen molar-refractivity contribution in [1.29, 1.82) is 0 Å². The predicted octanol–water partition coefficient (Wildman–Crippen LogP) is 1.58. The Hall–Kier alpha value is -1.43. The summed E-state index contributed by atoms with van der Waals surface area (Å²) >= 11 is 0. The largest absolute Gasteiger partial charge is 0.390 e. The second kappa shape index (κ2) is 7.90. The molecule has 128 valence electrons. The Morgan fingerprint density at radius 2 is 2.04 bits per heavy atom. The average Bonchev–Trinajstić information content (AvgIpc) is 3.03. The number of carbonyl (C=O) groups is 1. The monoisotopic (exact) mass is 319 g/mol. The zero-order valence-electron chi connectivity index (χ0n) is 14.4. The van der Waals surface area contributed by atoms with Gasteiger partial charge in [0.25, 0.3) is 5.91 Å². The molecule has 1 heterocycles. The Morgan fingerprint density at radius 1 is 1.35 bits per heavy atom. The topological polar surface area (TPSA) is 64.6 Å². The third-order valence-corrected chi connectivity index (χ3v) is 4.33. The molecule has 1 aromatic carbocycles. The van der Waals surface area contributed by atoms with Gasteiger partial charge in [0, 0.05) is 32.2 Å². The third-order valence-electron chi connectivity index (χ3n) is 4.33.